The Kier molecular flexibility index (Phi) is 2.02. The van der Waals surface area contributed by atoms with Gasteiger partial charge in [0.1, 0.15) is 0 Å². The van der Waals surface area contributed by atoms with E-state index in [1.807, 2.05) is 0 Å². The van der Waals surface area contributed by atoms with Crippen LogP contribution in [0.25, 0.3) is 0 Å². The molecule has 0 aromatic heterocycles. The zero-order chi connectivity index (χ0) is 9.14. The van der Waals surface area contributed by atoms with Crippen LogP contribution in [0.5, 0.6) is 0 Å². The molecule has 0 atom stereocenters. The number of benzene rings is 1. The van der Waals surface area contributed by atoms with Crippen LogP contribution in [0.4, 0.5) is 5.69 Å². The molecule has 0 aliphatic heterocycles. The zero-order valence-corrected chi connectivity index (χ0v) is 6.37. The molecule has 12 heavy (non-hydrogen) atoms. The Balaban J connectivity index is 3.26. The Bertz CT molecular complexity index is 363. The van der Waals surface area contributed by atoms with E-state index in [0.717, 1.165) is 0 Å². The second-order valence-corrected chi connectivity index (χ2v) is 2.35. The number of carbonyl (C=O) groups is 1. The number of rotatable bonds is 1. The summed E-state index contributed by atoms with van der Waals surface area (Å²) in [6, 6.07) is 4.62. The quantitative estimate of drug-likeness (QED) is 0.459. The molecule has 0 bridgehead atoms. The highest BCUT2D eigenvalue weighted by atomic mass is 16.1. The molecule has 4 N–H and O–H groups in total. The van der Waals surface area contributed by atoms with Crippen molar-refractivity contribution < 1.29 is 4.79 Å². The molecule has 0 radical (unpaired) electrons. The van der Waals surface area contributed by atoms with E-state index in [9.17, 15) is 4.79 Å². The Hall–Kier alpha value is -1.95. The van der Waals surface area contributed by atoms with Crippen molar-refractivity contribution in [2.24, 2.45) is 5.73 Å². The first-order valence-corrected chi connectivity index (χ1v) is 3.30. The van der Waals surface area contributed by atoms with Crippen LogP contribution < -0.4 is 11.5 Å². The lowest BCUT2D eigenvalue weighted by molar-refractivity contribution is 0.100. The summed E-state index contributed by atoms with van der Waals surface area (Å²) in [7, 11) is 0. The van der Waals surface area contributed by atoms with Gasteiger partial charge in [-0.15, -0.1) is 6.42 Å². The van der Waals surface area contributed by atoms with Crippen LogP contribution in [-0.4, -0.2) is 5.91 Å². The van der Waals surface area contributed by atoms with Crippen molar-refractivity contribution in [3.05, 3.63) is 29.3 Å². The highest BCUT2D eigenvalue weighted by molar-refractivity contribution is 5.94. The average Bonchev–Trinajstić information content (AvgIpc) is 2.03. The van der Waals surface area contributed by atoms with Crippen molar-refractivity contribution in [3.8, 4) is 12.3 Å². The Morgan fingerprint density at radius 3 is 2.58 bits per heavy atom. The molecular formula is C9H8N2O. The van der Waals surface area contributed by atoms with Crippen molar-refractivity contribution in [1.82, 2.24) is 0 Å². The summed E-state index contributed by atoms with van der Waals surface area (Å²) in [5.74, 6) is 1.85. The van der Waals surface area contributed by atoms with Gasteiger partial charge in [0.25, 0.3) is 0 Å². The monoisotopic (exact) mass is 160 g/mol. The third-order valence-electron chi connectivity index (χ3n) is 1.41. The summed E-state index contributed by atoms with van der Waals surface area (Å²) in [5, 5.41) is 0. The molecule has 0 unspecified atom stereocenters. The predicted molar refractivity (Wildman–Crippen MR) is 47.3 cm³/mol. The number of anilines is 1. The normalized spacial score (nSPS) is 8.92. The van der Waals surface area contributed by atoms with Crippen LogP contribution in [0, 0.1) is 12.3 Å². The van der Waals surface area contributed by atoms with Crippen molar-refractivity contribution >= 4 is 11.6 Å². The van der Waals surface area contributed by atoms with Crippen LogP contribution in [0.1, 0.15) is 15.9 Å². The topological polar surface area (TPSA) is 69.1 Å². The van der Waals surface area contributed by atoms with Gasteiger partial charge in [0.15, 0.2) is 0 Å². The number of hydrogen-bond acceptors (Lipinski definition) is 2. The minimum atomic E-state index is -0.529. The van der Waals surface area contributed by atoms with Crippen molar-refractivity contribution in [1.29, 1.82) is 0 Å². The maximum atomic E-state index is 10.7. The summed E-state index contributed by atoms with van der Waals surface area (Å²) in [6.45, 7) is 0. The third-order valence-corrected chi connectivity index (χ3v) is 1.41. The molecule has 1 amide bonds. The van der Waals surface area contributed by atoms with Gasteiger partial charge in [0.2, 0.25) is 5.91 Å². The van der Waals surface area contributed by atoms with Crippen molar-refractivity contribution in [3.63, 3.8) is 0 Å². The van der Waals surface area contributed by atoms with Gasteiger partial charge in [-0.3, -0.25) is 4.79 Å². The van der Waals surface area contributed by atoms with Gasteiger partial charge in [-0.1, -0.05) is 5.92 Å². The molecule has 1 aromatic carbocycles. The Morgan fingerprint density at radius 1 is 1.42 bits per heavy atom. The van der Waals surface area contributed by atoms with Gasteiger partial charge >= 0.3 is 0 Å². The van der Waals surface area contributed by atoms with Crippen LogP contribution in [0.3, 0.4) is 0 Å². The smallest absolute Gasteiger partial charge is 0.248 e. The largest absolute Gasteiger partial charge is 0.399 e. The predicted octanol–water partition coefficient (Wildman–Crippen LogP) is 0.349. The average molecular weight is 160 g/mol. The van der Waals surface area contributed by atoms with Gasteiger partial charge < -0.3 is 11.5 Å². The van der Waals surface area contributed by atoms with E-state index >= 15 is 0 Å². The van der Waals surface area contributed by atoms with E-state index in [4.69, 9.17) is 17.9 Å². The molecule has 1 rings (SSSR count). The Morgan fingerprint density at radius 2 is 2.08 bits per heavy atom. The molecule has 60 valence electrons. The zero-order valence-electron chi connectivity index (χ0n) is 6.37. The van der Waals surface area contributed by atoms with E-state index in [2.05, 4.69) is 5.92 Å². The van der Waals surface area contributed by atoms with Gasteiger partial charge in [-0.25, -0.2) is 0 Å². The van der Waals surface area contributed by atoms with E-state index in [0.29, 0.717) is 16.8 Å². The minimum absolute atomic E-state index is 0.336. The first-order valence-electron chi connectivity index (χ1n) is 3.30. The van der Waals surface area contributed by atoms with Crippen LogP contribution in [0.2, 0.25) is 0 Å². The summed E-state index contributed by atoms with van der Waals surface area (Å²) >= 11 is 0. The minimum Gasteiger partial charge on any atom is -0.399 e. The van der Waals surface area contributed by atoms with E-state index < -0.39 is 5.91 Å². The molecule has 0 saturated heterocycles. The lowest BCUT2D eigenvalue weighted by atomic mass is 10.1. The highest BCUT2D eigenvalue weighted by Crippen LogP contribution is 2.10. The number of hydrogen-bond donors (Lipinski definition) is 2. The summed E-state index contributed by atoms with van der Waals surface area (Å²) in [6.07, 6.45) is 5.13. The Labute approximate surface area is 70.4 Å². The van der Waals surface area contributed by atoms with E-state index in [1.54, 1.807) is 6.07 Å². The maximum absolute atomic E-state index is 10.7. The molecule has 0 aliphatic carbocycles. The van der Waals surface area contributed by atoms with Gasteiger partial charge in [0, 0.05) is 16.8 Å². The van der Waals surface area contributed by atoms with E-state index in [1.165, 1.54) is 12.1 Å². The number of primary amides is 1. The van der Waals surface area contributed by atoms with Crippen LogP contribution in [-0.2, 0) is 0 Å². The first-order chi connectivity index (χ1) is 5.63. The van der Waals surface area contributed by atoms with Gasteiger partial charge in [-0.2, -0.15) is 0 Å². The number of amides is 1. The molecule has 3 nitrogen and oxygen atoms in total. The molecule has 3 heteroatoms. The SMILES string of the molecule is C#Cc1cc(N)cc(C(N)=O)c1. The molecular weight excluding hydrogens is 152 g/mol. The first kappa shape index (κ1) is 8.15. The lowest BCUT2D eigenvalue weighted by Crippen LogP contribution is -2.11. The second kappa shape index (κ2) is 2.97. The molecule has 0 heterocycles. The molecule has 0 saturated carbocycles. The molecule has 0 fully saturated rings. The molecule has 0 spiro atoms. The van der Waals surface area contributed by atoms with Crippen molar-refractivity contribution in [2.75, 3.05) is 5.73 Å². The fraction of sp³-hybridized carbons (Fsp3) is 0. The van der Waals surface area contributed by atoms with Gasteiger partial charge in [0.05, 0.1) is 0 Å². The fourth-order valence-corrected chi connectivity index (χ4v) is 0.877. The maximum Gasteiger partial charge on any atom is 0.248 e. The third kappa shape index (κ3) is 1.55. The molecule has 0 aliphatic rings. The van der Waals surface area contributed by atoms with Crippen molar-refractivity contribution in [2.45, 2.75) is 0 Å². The standard InChI is InChI=1S/C9H8N2O/c1-2-6-3-7(9(11)12)5-8(10)4-6/h1,3-5H,10H2,(H2,11,12). The van der Waals surface area contributed by atoms with E-state index in [-0.39, 0.29) is 0 Å². The second-order valence-electron chi connectivity index (χ2n) is 2.35. The number of nitrogen functional groups attached to an aromatic ring is 1. The van der Waals surface area contributed by atoms with Crippen LogP contribution >= 0.6 is 0 Å². The summed E-state index contributed by atoms with van der Waals surface area (Å²) in [5.41, 5.74) is 11.9. The number of carbonyl (C=O) groups excluding carboxylic acids is 1. The summed E-state index contributed by atoms with van der Waals surface area (Å²) < 4.78 is 0. The highest BCUT2D eigenvalue weighted by Gasteiger charge is 2.01. The van der Waals surface area contributed by atoms with Gasteiger partial charge in [-0.05, 0) is 18.2 Å². The summed E-state index contributed by atoms with van der Waals surface area (Å²) in [4.78, 5) is 10.7. The number of terminal acetylenes is 1. The van der Waals surface area contributed by atoms with Crippen LogP contribution in [0.15, 0.2) is 18.2 Å². The fourth-order valence-electron chi connectivity index (χ4n) is 0.877. The molecule has 1 aromatic rings. The lowest BCUT2D eigenvalue weighted by Gasteiger charge is -1.98. The number of nitrogens with two attached hydrogens (primary N) is 2.